The van der Waals surface area contributed by atoms with Crippen LogP contribution in [0, 0.1) is 13.8 Å². The fraction of sp³-hybridized carbons (Fsp3) is 0.389. The summed E-state index contributed by atoms with van der Waals surface area (Å²) in [6, 6.07) is 6.98. The molecule has 0 unspecified atom stereocenters. The largest absolute Gasteiger partial charge is 0.360 e. The molecule has 1 aromatic carbocycles. The highest BCUT2D eigenvalue weighted by atomic mass is 32.2. The number of anilines is 2. The summed E-state index contributed by atoms with van der Waals surface area (Å²) in [4.78, 5) is 25.5. The molecular weight excluding hydrogens is 384 g/mol. The van der Waals surface area contributed by atoms with Gasteiger partial charge >= 0.3 is 0 Å². The molecule has 1 saturated heterocycles. The first-order valence-electron chi connectivity index (χ1n) is 8.91. The molecule has 0 saturated carbocycles. The number of hydrogen-bond donors (Lipinski definition) is 2. The molecule has 9 nitrogen and oxygen atoms in total. The Hall–Kier alpha value is -2.72. The number of benzene rings is 1. The summed E-state index contributed by atoms with van der Waals surface area (Å²) >= 11 is 0. The molecule has 1 aromatic heterocycles. The molecule has 28 heavy (non-hydrogen) atoms. The van der Waals surface area contributed by atoms with Crippen LogP contribution in [0.4, 0.5) is 11.4 Å². The summed E-state index contributed by atoms with van der Waals surface area (Å²) in [5, 5.41) is 6.33. The number of sulfonamides is 1. The third kappa shape index (κ3) is 4.39. The van der Waals surface area contributed by atoms with E-state index in [9.17, 15) is 18.0 Å². The number of nitrogens with zero attached hydrogens (tertiary/aromatic N) is 2. The Kier molecular flexibility index (Phi) is 5.80. The van der Waals surface area contributed by atoms with E-state index >= 15 is 0 Å². The van der Waals surface area contributed by atoms with Crippen LogP contribution in [-0.4, -0.2) is 38.5 Å². The predicted octanol–water partition coefficient (Wildman–Crippen LogP) is 1.73. The maximum Gasteiger partial charge on any atom is 0.245 e. The van der Waals surface area contributed by atoms with Crippen LogP contribution in [0.25, 0.3) is 0 Å². The molecular formula is C18H22N4O5S. The molecule has 1 aliphatic heterocycles. The molecule has 0 atom stereocenters. The highest BCUT2D eigenvalue weighted by Gasteiger charge is 2.24. The van der Waals surface area contributed by atoms with Gasteiger partial charge in [-0.05, 0) is 44.5 Å². The fourth-order valence-corrected chi connectivity index (χ4v) is 4.46. The van der Waals surface area contributed by atoms with Crippen LogP contribution in [0.3, 0.4) is 0 Å². The van der Waals surface area contributed by atoms with Crippen LogP contribution in [-0.2, 0) is 19.6 Å². The van der Waals surface area contributed by atoms with E-state index in [-0.39, 0.29) is 41.1 Å². The van der Waals surface area contributed by atoms with E-state index in [0.717, 1.165) is 12.1 Å². The smallest absolute Gasteiger partial charge is 0.245 e. The lowest BCUT2D eigenvalue weighted by atomic mass is 10.2. The van der Waals surface area contributed by atoms with Gasteiger partial charge in [0.2, 0.25) is 21.8 Å². The summed E-state index contributed by atoms with van der Waals surface area (Å²) in [5.74, 6) is -0.0279. The van der Waals surface area contributed by atoms with Gasteiger partial charge in [0.05, 0.1) is 0 Å². The van der Waals surface area contributed by atoms with Gasteiger partial charge in [-0.15, -0.1) is 0 Å². The molecule has 10 heteroatoms. The monoisotopic (exact) mass is 406 g/mol. The molecule has 150 valence electrons. The lowest BCUT2D eigenvalue weighted by molar-refractivity contribution is -0.117. The van der Waals surface area contributed by atoms with Crippen LogP contribution < -0.4 is 14.9 Å². The van der Waals surface area contributed by atoms with E-state index in [0.29, 0.717) is 18.7 Å². The molecule has 3 rings (SSSR count). The Morgan fingerprint density at radius 1 is 1.25 bits per heavy atom. The summed E-state index contributed by atoms with van der Waals surface area (Å²) in [7, 11) is -3.79. The van der Waals surface area contributed by atoms with Crippen molar-refractivity contribution < 1.29 is 22.5 Å². The number of nitrogens with one attached hydrogen (secondary N) is 2. The van der Waals surface area contributed by atoms with E-state index in [1.54, 1.807) is 29.2 Å². The molecule has 0 radical (unpaired) electrons. The van der Waals surface area contributed by atoms with Gasteiger partial charge in [-0.1, -0.05) is 5.16 Å². The molecule has 0 aliphatic carbocycles. The lowest BCUT2D eigenvalue weighted by Gasteiger charge is -2.16. The van der Waals surface area contributed by atoms with Gasteiger partial charge in [-0.25, -0.2) is 13.1 Å². The average molecular weight is 406 g/mol. The van der Waals surface area contributed by atoms with Crippen molar-refractivity contribution in [3.05, 3.63) is 35.7 Å². The van der Waals surface area contributed by atoms with Gasteiger partial charge in [0, 0.05) is 37.3 Å². The average Bonchev–Trinajstić information content (AvgIpc) is 3.21. The zero-order valence-corrected chi connectivity index (χ0v) is 16.5. The topological polar surface area (TPSA) is 122 Å². The van der Waals surface area contributed by atoms with Crippen LogP contribution in [0.1, 0.15) is 30.7 Å². The summed E-state index contributed by atoms with van der Waals surface area (Å²) < 4.78 is 31.8. The summed E-state index contributed by atoms with van der Waals surface area (Å²) in [6.45, 7) is 3.70. The number of aryl methyl sites for hydroxylation is 2. The summed E-state index contributed by atoms with van der Waals surface area (Å²) in [6.07, 6.45) is 1.37. The van der Waals surface area contributed by atoms with Crippen molar-refractivity contribution >= 4 is 33.2 Å². The van der Waals surface area contributed by atoms with Crippen molar-refractivity contribution in [2.45, 2.75) is 38.0 Å². The highest BCUT2D eigenvalue weighted by molar-refractivity contribution is 7.89. The quantitative estimate of drug-likeness (QED) is 0.722. The highest BCUT2D eigenvalue weighted by Crippen LogP contribution is 2.23. The molecule has 0 bridgehead atoms. The van der Waals surface area contributed by atoms with E-state index in [4.69, 9.17) is 4.52 Å². The van der Waals surface area contributed by atoms with Crippen molar-refractivity contribution in [3.63, 3.8) is 0 Å². The van der Waals surface area contributed by atoms with Crippen LogP contribution in [0.2, 0.25) is 0 Å². The van der Waals surface area contributed by atoms with Crippen LogP contribution in [0.15, 0.2) is 33.7 Å². The normalized spacial score (nSPS) is 14.5. The Bertz CT molecular complexity index is 962. The van der Waals surface area contributed by atoms with Crippen molar-refractivity contribution in [3.8, 4) is 0 Å². The Balaban J connectivity index is 1.51. The molecule has 2 aromatic rings. The predicted molar refractivity (Wildman–Crippen MR) is 102 cm³/mol. The molecule has 0 spiro atoms. The second-order valence-corrected chi connectivity index (χ2v) is 8.25. The van der Waals surface area contributed by atoms with E-state index in [1.165, 1.54) is 13.8 Å². The van der Waals surface area contributed by atoms with Gasteiger partial charge < -0.3 is 14.7 Å². The van der Waals surface area contributed by atoms with Crippen molar-refractivity contribution in [1.29, 1.82) is 0 Å². The minimum atomic E-state index is -3.79. The van der Waals surface area contributed by atoms with Crippen molar-refractivity contribution in [2.75, 3.05) is 23.3 Å². The standard InChI is InChI=1S/C18H22N4O5S/c1-12-18(13(2)27-21-12)28(25,26)19-10-9-16(23)20-14-5-7-15(8-6-14)22-11-3-4-17(22)24/h5-8,19H,3-4,9-11H2,1-2H3,(H,20,23). The maximum absolute atomic E-state index is 12.3. The second kappa shape index (κ2) is 8.11. The SMILES string of the molecule is Cc1noc(C)c1S(=O)(=O)NCCC(=O)Nc1ccc(N2CCCC2=O)cc1. The molecule has 2 N–H and O–H groups in total. The number of rotatable bonds is 7. The Morgan fingerprint density at radius 2 is 1.96 bits per heavy atom. The molecule has 2 amide bonds. The first kappa shape index (κ1) is 20.0. The first-order chi connectivity index (χ1) is 13.3. The minimum absolute atomic E-state index is 0.0000400. The Morgan fingerprint density at radius 3 is 2.54 bits per heavy atom. The van der Waals surface area contributed by atoms with E-state index < -0.39 is 10.0 Å². The number of carbonyl (C=O) groups excluding carboxylic acids is 2. The van der Waals surface area contributed by atoms with Gasteiger partial charge in [0.15, 0.2) is 5.76 Å². The third-order valence-electron chi connectivity index (χ3n) is 4.42. The number of hydrogen-bond acceptors (Lipinski definition) is 6. The summed E-state index contributed by atoms with van der Waals surface area (Å²) in [5.41, 5.74) is 1.65. The molecule has 2 heterocycles. The van der Waals surface area contributed by atoms with Crippen LogP contribution in [0.5, 0.6) is 0 Å². The van der Waals surface area contributed by atoms with Gasteiger partial charge in [-0.3, -0.25) is 9.59 Å². The number of aromatic nitrogens is 1. The van der Waals surface area contributed by atoms with Crippen LogP contribution >= 0.6 is 0 Å². The second-order valence-electron chi connectivity index (χ2n) is 6.55. The lowest BCUT2D eigenvalue weighted by Crippen LogP contribution is -2.28. The van der Waals surface area contributed by atoms with E-state index in [2.05, 4.69) is 15.2 Å². The van der Waals surface area contributed by atoms with Gasteiger partial charge in [0.25, 0.3) is 0 Å². The molecule has 1 fully saturated rings. The van der Waals surface area contributed by atoms with Gasteiger partial charge in [-0.2, -0.15) is 0 Å². The van der Waals surface area contributed by atoms with Gasteiger partial charge in [0.1, 0.15) is 10.6 Å². The maximum atomic E-state index is 12.3. The van der Waals surface area contributed by atoms with Crippen molar-refractivity contribution in [1.82, 2.24) is 9.88 Å². The zero-order valence-electron chi connectivity index (χ0n) is 15.7. The number of amides is 2. The van der Waals surface area contributed by atoms with E-state index in [1.807, 2.05) is 0 Å². The fourth-order valence-electron chi connectivity index (χ4n) is 3.10. The third-order valence-corrected chi connectivity index (χ3v) is 6.12. The number of carbonyl (C=O) groups is 2. The zero-order chi connectivity index (χ0) is 20.3. The minimum Gasteiger partial charge on any atom is -0.360 e. The first-order valence-corrected chi connectivity index (χ1v) is 10.4. The van der Waals surface area contributed by atoms with Crippen molar-refractivity contribution in [2.24, 2.45) is 0 Å². The Labute approximate surface area is 163 Å². The molecule has 1 aliphatic rings.